The lowest BCUT2D eigenvalue weighted by molar-refractivity contribution is 0.0377. The first-order chi connectivity index (χ1) is 13.1. The first-order valence-corrected chi connectivity index (χ1v) is 10.8. The molecular formula is C17H31IN6O3S. The molecule has 0 saturated carbocycles. The van der Waals surface area contributed by atoms with E-state index >= 15 is 0 Å². The molecular weight excluding hydrogens is 495 g/mol. The summed E-state index contributed by atoms with van der Waals surface area (Å²) in [7, 11) is -3.53. The summed E-state index contributed by atoms with van der Waals surface area (Å²) < 4.78 is 32.1. The minimum absolute atomic E-state index is 0. The van der Waals surface area contributed by atoms with Crippen LogP contribution in [0.1, 0.15) is 13.3 Å². The smallest absolute Gasteiger partial charge is 0.242 e. The maximum Gasteiger partial charge on any atom is 0.242 e. The van der Waals surface area contributed by atoms with Gasteiger partial charge >= 0.3 is 0 Å². The third-order valence-corrected chi connectivity index (χ3v) is 5.45. The Balaban J connectivity index is 0.00000392. The van der Waals surface area contributed by atoms with Crippen LogP contribution in [0.4, 0.5) is 0 Å². The van der Waals surface area contributed by atoms with Gasteiger partial charge in [0.25, 0.3) is 0 Å². The minimum atomic E-state index is -3.53. The molecule has 1 aliphatic rings. The minimum Gasteiger partial charge on any atom is -0.379 e. The number of nitrogens with zero attached hydrogens (tertiary/aromatic N) is 3. The Morgan fingerprint density at radius 1 is 1.29 bits per heavy atom. The van der Waals surface area contributed by atoms with Crippen molar-refractivity contribution < 1.29 is 13.2 Å². The van der Waals surface area contributed by atoms with Gasteiger partial charge in [-0.2, -0.15) is 0 Å². The van der Waals surface area contributed by atoms with Gasteiger partial charge in [0.1, 0.15) is 4.90 Å². The molecule has 1 aromatic rings. The molecule has 2 rings (SSSR count). The highest BCUT2D eigenvalue weighted by Crippen LogP contribution is 2.04. The van der Waals surface area contributed by atoms with Crippen LogP contribution in [0.25, 0.3) is 0 Å². The molecule has 0 aromatic carbocycles. The van der Waals surface area contributed by atoms with E-state index in [0.717, 1.165) is 45.8 Å². The molecule has 0 amide bonds. The van der Waals surface area contributed by atoms with Crippen LogP contribution in [-0.2, 0) is 14.8 Å². The lowest BCUT2D eigenvalue weighted by Gasteiger charge is -2.26. The quantitative estimate of drug-likeness (QED) is 0.174. The molecule has 28 heavy (non-hydrogen) atoms. The van der Waals surface area contributed by atoms with Crippen LogP contribution >= 0.6 is 24.0 Å². The van der Waals surface area contributed by atoms with Crippen LogP contribution in [0, 0.1) is 0 Å². The number of rotatable bonds is 10. The molecule has 0 radical (unpaired) electrons. The first kappa shape index (κ1) is 25.0. The van der Waals surface area contributed by atoms with Crippen LogP contribution in [-0.4, -0.2) is 83.3 Å². The third-order valence-electron chi connectivity index (χ3n) is 4.00. The van der Waals surface area contributed by atoms with E-state index in [1.807, 2.05) is 6.92 Å². The zero-order valence-corrected chi connectivity index (χ0v) is 19.4. The standard InChI is InChI=1S/C17H30N6O3S.HI/c1-2-19-17(20-7-4-10-23-11-13-26-14-12-23)21-8-9-22-27(24,25)16-5-3-6-18-15-16;/h3,5-6,15,22H,2,4,7-14H2,1H3,(H2,19,20,21);1H. The summed E-state index contributed by atoms with van der Waals surface area (Å²) in [5.41, 5.74) is 0. The van der Waals surface area contributed by atoms with E-state index in [9.17, 15) is 8.42 Å². The highest BCUT2D eigenvalue weighted by molar-refractivity contribution is 14.0. The van der Waals surface area contributed by atoms with Gasteiger partial charge in [0.2, 0.25) is 10.0 Å². The van der Waals surface area contributed by atoms with Crippen molar-refractivity contribution in [3.63, 3.8) is 0 Å². The van der Waals surface area contributed by atoms with Crippen LogP contribution in [0.15, 0.2) is 34.4 Å². The predicted octanol–water partition coefficient (Wildman–Crippen LogP) is 0.255. The SMILES string of the molecule is CCNC(=NCCCN1CCOCC1)NCCNS(=O)(=O)c1cccnc1.I. The second-order valence-electron chi connectivity index (χ2n) is 6.08. The molecule has 0 aliphatic carbocycles. The molecule has 1 fully saturated rings. The summed E-state index contributed by atoms with van der Waals surface area (Å²) in [6, 6.07) is 3.11. The fraction of sp³-hybridized carbons (Fsp3) is 0.647. The Morgan fingerprint density at radius 3 is 2.75 bits per heavy atom. The summed E-state index contributed by atoms with van der Waals surface area (Å²) in [4.78, 5) is 10.9. The Kier molecular flexibility index (Phi) is 12.5. The van der Waals surface area contributed by atoms with E-state index in [1.54, 1.807) is 12.3 Å². The predicted molar refractivity (Wildman–Crippen MR) is 121 cm³/mol. The zero-order chi connectivity index (χ0) is 19.4. The largest absolute Gasteiger partial charge is 0.379 e. The number of aromatic nitrogens is 1. The van der Waals surface area contributed by atoms with Gasteiger partial charge in [-0.1, -0.05) is 0 Å². The van der Waals surface area contributed by atoms with Crippen molar-refractivity contribution >= 4 is 40.0 Å². The van der Waals surface area contributed by atoms with E-state index in [0.29, 0.717) is 19.0 Å². The molecule has 1 aromatic heterocycles. The van der Waals surface area contributed by atoms with Crippen molar-refractivity contribution in [2.45, 2.75) is 18.2 Å². The number of aliphatic imine (C=N–C) groups is 1. The number of hydrogen-bond donors (Lipinski definition) is 3. The molecule has 1 aliphatic heterocycles. The second-order valence-corrected chi connectivity index (χ2v) is 7.85. The molecule has 160 valence electrons. The van der Waals surface area contributed by atoms with Crippen molar-refractivity contribution in [3.05, 3.63) is 24.5 Å². The number of nitrogens with one attached hydrogen (secondary N) is 3. The number of morpholine rings is 1. The van der Waals surface area contributed by atoms with Crippen molar-refractivity contribution in [3.8, 4) is 0 Å². The van der Waals surface area contributed by atoms with Gasteiger partial charge in [-0.25, -0.2) is 13.1 Å². The summed E-state index contributed by atoms with van der Waals surface area (Å²) in [5.74, 6) is 0.694. The number of ether oxygens (including phenoxy) is 1. The van der Waals surface area contributed by atoms with Crippen LogP contribution < -0.4 is 15.4 Å². The topological polar surface area (TPSA) is 108 Å². The molecule has 3 N–H and O–H groups in total. The molecule has 2 heterocycles. The van der Waals surface area contributed by atoms with Gasteiger partial charge in [0.15, 0.2) is 5.96 Å². The number of guanidine groups is 1. The van der Waals surface area contributed by atoms with Crippen LogP contribution in [0.5, 0.6) is 0 Å². The van der Waals surface area contributed by atoms with E-state index < -0.39 is 10.0 Å². The number of hydrogen-bond acceptors (Lipinski definition) is 6. The van der Waals surface area contributed by atoms with Crippen LogP contribution in [0.2, 0.25) is 0 Å². The summed E-state index contributed by atoms with van der Waals surface area (Å²) in [6.07, 6.45) is 3.85. The number of halogens is 1. The molecule has 0 bridgehead atoms. The molecule has 9 nitrogen and oxygen atoms in total. The van der Waals surface area contributed by atoms with E-state index in [-0.39, 0.29) is 35.4 Å². The maximum absolute atomic E-state index is 12.1. The number of sulfonamides is 1. The average molecular weight is 526 g/mol. The molecule has 0 unspecified atom stereocenters. The highest BCUT2D eigenvalue weighted by atomic mass is 127. The van der Waals surface area contributed by atoms with Crippen LogP contribution in [0.3, 0.4) is 0 Å². The normalized spacial score (nSPS) is 15.7. The summed E-state index contributed by atoms with van der Waals surface area (Å²) in [6.45, 7) is 8.76. The van der Waals surface area contributed by atoms with E-state index in [4.69, 9.17) is 4.74 Å². The Hall–Kier alpha value is -1.02. The highest BCUT2D eigenvalue weighted by Gasteiger charge is 2.13. The molecule has 11 heteroatoms. The lowest BCUT2D eigenvalue weighted by Crippen LogP contribution is -2.41. The third kappa shape index (κ3) is 9.45. The fourth-order valence-corrected chi connectivity index (χ4v) is 3.60. The van der Waals surface area contributed by atoms with Gasteiger partial charge in [-0.3, -0.25) is 14.9 Å². The Labute approximate surface area is 184 Å². The van der Waals surface area contributed by atoms with Crippen molar-refractivity contribution in [1.29, 1.82) is 0 Å². The van der Waals surface area contributed by atoms with Crippen molar-refractivity contribution in [2.75, 3.05) is 59.0 Å². The maximum atomic E-state index is 12.1. The fourth-order valence-electron chi connectivity index (χ4n) is 2.61. The monoisotopic (exact) mass is 526 g/mol. The van der Waals surface area contributed by atoms with Gasteiger partial charge < -0.3 is 15.4 Å². The summed E-state index contributed by atoms with van der Waals surface area (Å²) >= 11 is 0. The molecule has 1 saturated heterocycles. The van der Waals surface area contributed by atoms with Gasteiger partial charge in [-0.15, -0.1) is 24.0 Å². The number of pyridine rings is 1. The van der Waals surface area contributed by atoms with Crippen molar-refractivity contribution in [2.24, 2.45) is 4.99 Å². The first-order valence-electron chi connectivity index (χ1n) is 9.34. The lowest BCUT2D eigenvalue weighted by atomic mass is 10.3. The van der Waals surface area contributed by atoms with Gasteiger partial charge in [0.05, 0.1) is 13.2 Å². The average Bonchev–Trinajstić information content (AvgIpc) is 2.70. The van der Waals surface area contributed by atoms with Gasteiger partial charge in [-0.05, 0) is 25.5 Å². The summed E-state index contributed by atoms with van der Waals surface area (Å²) in [5, 5.41) is 6.31. The van der Waals surface area contributed by atoms with Crippen molar-refractivity contribution in [1.82, 2.24) is 25.2 Å². The molecule has 0 spiro atoms. The van der Waals surface area contributed by atoms with E-state index in [2.05, 4.69) is 30.2 Å². The van der Waals surface area contributed by atoms with E-state index in [1.165, 1.54) is 12.3 Å². The molecule has 0 atom stereocenters. The zero-order valence-electron chi connectivity index (χ0n) is 16.3. The Morgan fingerprint density at radius 2 is 2.07 bits per heavy atom. The second kappa shape index (κ2) is 14.0. The van der Waals surface area contributed by atoms with Gasteiger partial charge in [0, 0.05) is 58.2 Å². The Bertz CT molecular complexity index is 669.